The lowest BCUT2D eigenvalue weighted by atomic mass is 9.89. The van der Waals surface area contributed by atoms with Crippen LogP contribution in [0, 0.1) is 5.82 Å². The number of hydrogen-bond acceptors (Lipinski definition) is 5. The molecule has 4 aromatic rings. The Kier molecular flexibility index (Phi) is 5.55. The van der Waals surface area contributed by atoms with Gasteiger partial charge in [0.05, 0.1) is 5.52 Å². The predicted molar refractivity (Wildman–Crippen MR) is 126 cm³/mol. The van der Waals surface area contributed by atoms with E-state index in [9.17, 15) is 9.18 Å². The summed E-state index contributed by atoms with van der Waals surface area (Å²) < 4.78 is 21.2. The Hall–Kier alpha value is -3.75. The van der Waals surface area contributed by atoms with Crippen molar-refractivity contribution in [3.05, 3.63) is 60.0 Å². The molecule has 9 heteroatoms. The average Bonchev–Trinajstić information content (AvgIpc) is 3.47. The summed E-state index contributed by atoms with van der Waals surface area (Å²) >= 11 is 0. The molecule has 34 heavy (non-hydrogen) atoms. The van der Waals surface area contributed by atoms with E-state index >= 15 is 0 Å². The van der Waals surface area contributed by atoms with Crippen LogP contribution in [0.1, 0.15) is 45.1 Å². The van der Waals surface area contributed by atoms with Crippen LogP contribution in [0.5, 0.6) is 0 Å². The average molecular weight is 463 g/mol. The molecule has 1 fully saturated rings. The number of fused-ring (bicyclic) bond motifs is 1. The minimum atomic E-state index is -0.512. The number of likely N-dealkylation sites (tertiary alicyclic amines) is 1. The quantitative estimate of drug-likeness (QED) is 0.459. The maximum Gasteiger partial charge on any atom is 0.410 e. The first-order valence-corrected chi connectivity index (χ1v) is 11.4. The lowest BCUT2D eigenvalue weighted by Crippen LogP contribution is -2.41. The Morgan fingerprint density at radius 1 is 1.12 bits per heavy atom. The number of rotatable bonds is 3. The molecule has 0 bridgehead atoms. The van der Waals surface area contributed by atoms with E-state index in [1.807, 2.05) is 32.9 Å². The molecular weight excluding hydrogens is 435 g/mol. The molecule has 2 aromatic heterocycles. The van der Waals surface area contributed by atoms with E-state index in [-0.39, 0.29) is 17.8 Å². The van der Waals surface area contributed by atoms with Crippen LogP contribution in [-0.2, 0) is 4.74 Å². The standard InChI is InChI=1S/C25H27FN6O2/c1-25(2,3)34-24(33)31-12-10-16(11-13-31)21-15-32(19-7-5-18(26)6-8-19)22-9-4-17(14-20(21)22)23-27-29-30-28-23/h4-9,14-16H,10-13H2,1-3H3,(H,27,28,29,30). The summed E-state index contributed by atoms with van der Waals surface area (Å²) in [5, 5.41) is 15.5. The number of H-pyrrole nitrogens is 1. The lowest BCUT2D eigenvalue weighted by molar-refractivity contribution is 0.0205. The van der Waals surface area contributed by atoms with E-state index in [0.29, 0.717) is 18.9 Å². The van der Waals surface area contributed by atoms with Crippen molar-refractivity contribution in [1.29, 1.82) is 0 Å². The molecule has 0 spiro atoms. The Labute approximate surface area is 196 Å². The summed E-state index contributed by atoms with van der Waals surface area (Å²) in [6.45, 7) is 6.90. The van der Waals surface area contributed by atoms with Crippen molar-refractivity contribution in [2.45, 2.75) is 45.1 Å². The van der Waals surface area contributed by atoms with Crippen LogP contribution >= 0.6 is 0 Å². The second kappa shape index (κ2) is 8.55. The molecule has 0 atom stereocenters. The fourth-order valence-electron chi connectivity index (χ4n) is 4.52. The van der Waals surface area contributed by atoms with Gasteiger partial charge in [-0.25, -0.2) is 9.18 Å². The van der Waals surface area contributed by atoms with Gasteiger partial charge in [0.25, 0.3) is 0 Å². The van der Waals surface area contributed by atoms with Gasteiger partial charge >= 0.3 is 6.09 Å². The van der Waals surface area contributed by atoms with Crippen molar-refractivity contribution in [3.63, 3.8) is 0 Å². The molecule has 176 valence electrons. The number of amides is 1. The Balaban J connectivity index is 1.49. The maximum absolute atomic E-state index is 13.6. The number of aromatic amines is 1. The van der Waals surface area contributed by atoms with E-state index < -0.39 is 5.60 Å². The van der Waals surface area contributed by atoms with Crippen LogP contribution in [0.15, 0.2) is 48.7 Å². The molecule has 0 radical (unpaired) electrons. The van der Waals surface area contributed by atoms with Crippen molar-refractivity contribution in [3.8, 4) is 17.1 Å². The fraction of sp³-hybridized carbons (Fsp3) is 0.360. The molecule has 2 aromatic carbocycles. The highest BCUT2D eigenvalue weighted by Gasteiger charge is 2.29. The summed E-state index contributed by atoms with van der Waals surface area (Å²) in [6.07, 6.45) is 3.52. The summed E-state index contributed by atoms with van der Waals surface area (Å²) in [7, 11) is 0. The topological polar surface area (TPSA) is 88.9 Å². The third kappa shape index (κ3) is 4.37. The van der Waals surface area contributed by atoms with Gasteiger partial charge in [0, 0.05) is 35.9 Å². The van der Waals surface area contributed by atoms with Gasteiger partial charge in [-0.1, -0.05) is 0 Å². The number of hydrogen-bond donors (Lipinski definition) is 1. The molecule has 1 aliphatic rings. The van der Waals surface area contributed by atoms with Crippen LogP contribution in [0.25, 0.3) is 28.0 Å². The van der Waals surface area contributed by atoms with Crippen LogP contribution in [0.3, 0.4) is 0 Å². The Morgan fingerprint density at radius 3 is 2.50 bits per heavy atom. The number of ether oxygens (including phenoxy) is 1. The second-order valence-electron chi connectivity index (χ2n) is 9.64. The number of carbonyl (C=O) groups is 1. The number of halogens is 1. The molecule has 1 saturated heterocycles. The van der Waals surface area contributed by atoms with Gasteiger partial charge in [-0.15, -0.1) is 10.2 Å². The molecule has 1 amide bonds. The smallest absolute Gasteiger partial charge is 0.410 e. The van der Waals surface area contributed by atoms with Gasteiger partial charge in [0.2, 0.25) is 5.82 Å². The first kappa shape index (κ1) is 22.1. The van der Waals surface area contributed by atoms with Gasteiger partial charge in [-0.3, -0.25) is 0 Å². The van der Waals surface area contributed by atoms with E-state index in [1.54, 1.807) is 17.0 Å². The van der Waals surface area contributed by atoms with Crippen molar-refractivity contribution < 1.29 is 13.9 Å². The maximum atomic E-state index is 13.6. The highest BCUT2D eigenvalue weighted by atomic mass is 19.1. The zero-order valence-electron chi connectivity index (χ0n) is 19.5. The third-order valence-electron chi connectivity index (χ3n) is 6.13. The number of nitrogens with one attached hydrogen (secondary N) is 1. The fourth-order valence-corrected chi connectivity index (χ4v) is 4.52. The molecule has 0 saturated carbocycles. The molecule has 8 nitrogen and oxygen atoms in total. The third-order valence-corrected chi connectivity index (χ3v) is 6.13. The molecule has 1 aliphatic heterocycles. The van der Waals surface area contributed by atoms with E-state index in [4.69, 9.17) is 4.74 Å². The highest BCUT2D eigenvalue weighted by molar-refractivity contribution is 5.89. The van der Waals surface area contributed by atoms with Gasteiger partial charge in [0.1, 0.15) is 11.4 Å². The van der Waals surface area contributed by atoms with Gasteiger partial charge in [0.15, 0.2) is 0 Å². The minimum absolute atomic E-state index is 0.265. The van der Waals surface area contributed by atoms with Gasteiger partial charge in [-0.05, 0) is 92.8 Å². The largest absolute Gasteiger partial charge is 0.444 e. The predicted octanol–water partition coefficient (Wildman–Crippen LogP) is 5.06. The molecule has 0 aliphatic carbocycles. The Bertz CT molecular complexity index is 1300. The summed E-state index contributed by atoms with van der Waals surface area (Å²) in [5.74, 6) is 0.528. The first-order chi connectivity index (χ1) is 16.3. The van der Waals surface area contributed by atoms with Crippen molar-refractivity contribution in [2.24, 2.45) is 0 Å². The molecule has 5 rings (SSSR count). The number of aromatic nitrogens is 5. The zero-order chi connectivity index (χ0) is 23.9. The normalized spacial score (nSPS) is 15.1. The zero-order valence-corrected chi connectivity index (χ0v) is 19.5. The van der Waals surface area contributed by atoms with Crippen LogP contribution in [0.4, 0.5) is 9.18 Å². The van der Waals surface area contributed by atoms with Crippen LogP contribution in [-0.4, -0.2) is 54.9 Å². The van der Waals surface area contributed by atoms with Gasteiger partial charge < -0.3 is 14.2 Å². The molecule has 3 heterocycles. The monoisotopic (exact) mass is 462 g/mol. The molecule has 0 unspecified atom stereocenters. The summed E-state index contributed by atoms with van der Waals surface area (Å²) in [4.78, 5) is 14.3. The summed E-state index contributed by atoms with van der Waals surface area (Å²) in [5.41, 5.74) is 3.45. The highest BCUT2D eigenvalue weighted by Crippen LogP contribution is 2.37. The van der Waals surface area contributed by atoms with Crippen LogP contribution < -0.4 is 0 Å². The van der Waals surface area contributed by atoms with E-state index in [0.717, 1.165) is 35.0 Å². The summed E-state index contributed by atoms with van der Waals surface area (Å²) in [6, 6.07) is 12.6. The van der Waals surface area contributed by atoms with Gasteiger partial charge in [-0.2, -0.15) is 5.21 Å². The number of nitrogens with zero attached hydrogens (tertiary/aromatic N) is 5. The first-order valence-electron chi connectivity index (χ1n) is 11.4. The van der Waals surface area contributed by atoms with E-state index in [1.165, 1.54) is 17.7 Å². The minimum Gasteiger partial charge on any atom is -0.444 e. The number of benzene rings is 2. The number of carbonyl (C=O) groups excluding carboxylic acids is 1. The second-order valence-corrected chi connectivity index (χ2v) is 9.64. The van der Waals surface area contributed by atoms with Crippen molar-refractivity contribution in [2.75, 3.05) is 13.1 Å². The molecule has 1 N–H and O–H groups in total. The SMILES string of the molecule is CC(C)(C)OC(=O)N1CCC(c2cn(-c3ccc(F)cc3)c3ccc(-c4nn[nH]n4)cc23)CC1. The van der Waals surface area contributed by atoms with Crippen molar-refractivity contribution in [1.82, 2.24) is 30.1 Å². The van der Waals surface area contributed by atoms with E-state index in [2.05, 4.69) is 37.5 Å². The van der Waals surface area contributed by atoms with Crippen LogP contribution in [0.2, 0.25) is 0 Å². The lowest BCUT2D eigenvalue weighted by Gasteiger charge is -2.33. The van der Waals surface area contributed by atoms with Crippen molar-refractivity contribution >= 4 is 17.0 Å². The molecular formula is C25H27FN6O2. The number of tetrazole rings is 1. The Morgan fingerprint density at radius 2 is 1.85 bits per heavy atom. The number of piperidine rings is 1.